The summed E-state index contributed by atoms with van der Waals surface area (Å²) in [5.74, 6) is 0.743. The maximum Gasteiger partial charge on any atom is 0.276 e. The van der Waals surface area contributed by atoms with E-state index in [1.165, 1.54) is 0 Å². The molecule has 108 valence electrons. The van der Waals surface area contributed by atoms with Crippen molar-refractivity contribution in [2.45, 2.75) is 13.1 Å². The van der Waals surface area contributed by atoms with Crippen LogP contribution < -0.4 is 16.0 Å². The Morgan fingerprint density at radius 3 is 2.90 bits per heavy atom. The summed E-state index contributed by atoms with van der Waals surface area (Å²) in [7, 11) is 1.61. The number of hydrogen-bond acceptors (Lipinski definition) is 4. The fourth-order valence-electron chi connectivity index (χ4n) is 2.35. The molecule has 2 aromatic heterocycles. The molecule has 0 aliphatic heterocycles. The number of methoxy groups -OCH3 is 1. The number of hydrogen-bond donors (Lipinski definition) is 1. The number of rotatable bonds is 4. The molecule has 0 aliphatic rings. The molecule has 1 aromatic carbocycles. The summed E-state index contributed by atoms with van der Waals surface area (Å²) in [5.41, 5.74) is 8.06. The predicted molar refractivity (Wildman–Crippen MR) is 79.4 cm³/mol. The second-order valence-corrected chi connectivity index (χ2v) is 4.74. The Kier molecular flexibility index (Phi) is 3.45. The van der Waals surface area contributed by atoms with Crippen LogP contribution in [0.3, 0.4) is 0 Å². The molecule has 0 unspecified atom stereocenters. The number of fused-ring (bicyclic) bond motifs is 1. The Balaban J connectivity index is 2.05. The average Bonchev–Trinajstić information content (AvgIpc) is 2.99. The average molecular weight is 284 g/mol. The fraction of sp³-hybridized carbons (Fsp3) is 0.200. The first-order valence-corrected chi connectivity index (χ1v) is 6.61. The third-order valence-corrected chi connectivity index (χ3v) is 3.46. The van der Waals surface area contributed by atoms with Gasteiger partial charge in [0, 0.05) is 24.5 Å². The van der Waals surface area contributed by atoms with Gasteiger partial charge in [0.1, 0.15) is 11.3 Å². The van der Waals surface area contributed by atoms with E-state index in [0.717, 1.165) is 16.9 Å². The van der Waals surface area contributed by atoms with Gasteiger partial charge in [0.15, 0.2) is 0 Å². The molecular weight excluding hydrogens is 268 g/mol. The summed E-state index contributed by atoms with van der Waals surface area (Å²) in [6, 6.07) is 7.46. The lowest BCUT2D eigenvalue weighted by Gasteiger charge is -2.12. The molecule has 0 atom stereocenters. The Morgan fingerprint density at radius 1 is 1.29 bits per heavy atom. The highest BCUT2D eigenvalue weighted by Crippen LogP contribution is 2.20. The Morgan fingerprint density at radius 2 is 2.14 bits per heavy atom. The van der Waals surface area contributed by atoms with Gasteiger partial charge in [-0.25, -0.2) is 4.52 Å². The lowest BCUT2D eigenvalue weighted by Crippen LogP contribution is -2.22. The first kappa shape index (κ1) is 13.4. The molecule has 2 heterocycles. The summed E-state index contributed by atoms with van der Waals surface area (Å²) in [4.78, 5) is 12.4. The lowest BCUT2D eigenvalue weighted by molar-refractivity contribution is 0.408. The van der Waals surface area contributed by atoms with Gasteiger partial charge in [-0.15, -0.1) is 0 Å². The van der Waals surface area contributed by atoms with Gasteiger partial charge in [-0.05, 0) is 23.8 Å². The zero-order chi connectivity index (χ0) is 14.8. The van der Waals surface area contributed by atoms with Crippen LogP contribution in [0.5, 0.6) is 5.75 Å². The second-order valence-electron chi connectivity index (χ2n) is 4.74. The van der Waals surface area contributed by atoms with Gasteiger partial charge in [0.05, 0.1) is 19.9 Å². The summed E-state index contributed by atoms with van der Waals surface area (Å²) in [5, 5.41) is 4.05. The van der Waals surface area contributed by atoms with Crippen LogP contribution in [0, 0.1) is 0 Å². The molecule has 3 rings (SSSR count). The van der Waals surface area contributed by atoms with E-state index < -0.39 is 0 Å². The Hall–Kier alpha value is -2.60. The first-order chi connectivity index (χ1) is 10.2. The molecular formula is C15H16N4O2. The van der Waals surface area contributed by atoms with Crippen LogP contribution >= 0.6 is 0 Å². The zero-order valence-corrected chi connectivity index (χ0v) is 11.7. The van der Waals surface area contributed by atoms with E-state index in [1.807, 2.05) is 18.2 Å². The van der Waals surface area contributed by atoms with E-state index in [4.69, 9.17) is 10.5 Å². The van der Waals surface area contributed by atoms with Crippen LogP contribution in [-0.2, 0) is 13.1 Å². The molecule has 0 saturated heterocycles. The van der Waals surface area contributed by atoms with Crippen molar-refractivity contribution in [2.75, 3.05) is 7.11 Å². The molecule has 0 amide bonds. The minimum Gasteiger partial charge on any atom is -0.496 e. The molecule has 0 radical (unpaired) electrons. The van der Waals surface area contributed by atoms with Gasteiger partial charge in [0.2, 0.25) is 0 Å². The van der Waals surface area contributed by atoms with Crippen molar-refractivity contribution in [3.63, 3.8) is 0 Å². The normalized spacial score (nSPS) is 11.0. The van der Waals surface area contributed by atoms with Crippen LogP contribution in [0.1, 0.15) is 11.1 Å². The smallest absolute Gasteiger partial charge is 0.276 e. The number of aromatic nitrogens is 3. The molecule has 21 heavy (non-hydrogen) atoms. The van der Waals surface area contributed by atoms with Crippen LogP contribution in [-0.4, -0.2) is 21.3 Å². The van der Waals surface area contributed by atoms with Crippen molar-refractivity contribution in [1.82, 2.24) is 14.2 Å². The van der Waals surface area contributed by atoms with Crippen molar-refractivity contribution in [2.24, 2.45) is 5.73 Å². The van der Waals surface area contributed by atoms with Crippen molar-refractivity contribution < 1.29 is 4.74 Å². The standard InChI is InChI=1S/C15H16N4O2/c1-21-14-3-2-11(9-16)8-12(14)10-18-6-7-19-13(15(18)20)4-5-17-19/h2-8H,9-10,16H2,1H3. The molecule has 3 aromatic rings. The quantitative estimate of drug-likeness (QED) is 0.776. The highest BCUT2D eigenvalue weighted by atomic mass is 16.5. The molecule has 6 heteroatoms. The zero-order valence-electron chi connectivity index (χ0n) is 11.7. The van der Waals surface area contributed by atoms with Crippen LogP contribution in [0.15, 0.2) is 47.7 Å². The monoisotopic (exact) mass is 284 g/mol. The minimum absolute atomic E-state index is 0.0878. The fourth-order valence-corrected chi connectivity index (χ4v) is 2.35. The summed E-state index contributed by atoms with van der Waals surface area (Å²) in [6.45, 7) is 0.880. The van der Waals surface area contributed by atoms with Gasteiger partial charge in [-0.1, -0.05) is 6.07 Å². The van der Waals surface area contributed by atoms with Crippen LogP contribution in [0.2, 0.25) is 0 Å². The summed E-state index contributed by atoms with van der Waals surface area (Å²) >= 11 is 0. The Bertz CT molecular complexity index is 835. The Labute approximate surface area is 121 Å². The van der Waals surface area contributed by atoms with Crippen molar-refractivity contribution in [3.05, 3.63) is 64.3 Å². The van der Waals surface area contributed by atoms with E-state index in [1.54, 1.807) is 40.8 Å². The SMILES string of the molecule is COc1ccc(CN)cc1Cn1ccn2nccc2c1=O. The van der Waals surface area contributed by atoms with E-state index in [-0.39, 0.29) is 5.56 Å². The highest BCUT2D eigenvalue weighted by Gasteiger charge is 2.08. The maximum absolute atomic E-state index is 12.4. The lowest BCUT2D eigenvalue weighted by atomic mass is 10.1. The second kappa shape index (κ2) is 5.41. The third kappa shape index (κ3) is 2.41. The van der Waals surface area contributed by atoms with Gasteiger partial charge in [0.25, 0.3) is 5.56 Å². The molecule has 0 aliphatic carbocycles. The van der Waals surface area contributed by atoms with Crippen molar-refractivity contribution in [3.8, 4) is 5.75 Å². The van der Waals surface area contributed by atoms with E-state index in [0.29, 0.717) is 18.6 Å². The van der Waals surface area contributed by atoms with Gasteiger partial charge in [-0.3, -0.25) is 4.79 Å². The van der Waals surface area contributed by atoms with E-state index in [2.05, 4.69) is 5.10 Å². The summed E-state index contributed by atoms with van der Waals surface area (Å²) < 4.78 is 8.55. The first-order valence-electron chi connectivity index (χ1n) is 6.61. The van der Waals surface area contributed by atoms with Crippen LogP contribution in [0.25, 0.3) is 5.52 Å². The van der Waals surface area contributed by atoms with E-state index >= 15 is 0 Å². The van der Waals surface area contributed by atoms with Crippen molar-refractivity contribution in [1.29, 1.82) is 0 Å². The maximum atomic E-state index is 12.4. The molecule has 0 fully saturated rings. The van der Waals surface area contributed by atoms with Gasteiger partial charge >= 0.3 is 0 Å². The molecule has 6 nitrogen and oxygen atoms in total. The number of nitrogens with two attached hydrogens (primary N) is 1. The molecule has 0 spiro atoms. The summed E-state index contributed by atoms with van der Waals surface area (Å²) in [6.07, 6.45) is 5.09. The third-order valence-electron chi connectivity index (χ3n) is 3.46. The topological polar surface area (TPSA) is 74.6 Å². The minimum atomic E-state index is -0.0878. The van der Waals surface area contributed by atoms with Crippen molar-refractivity contribution >= 4 is 5.52 Å². The van der Waals surface area contributed by atoms with Gasteiger partial charge in [-0.2, -0.15) is 5.10 Å². The molecule has 2 N–H and O–H groups in total. The largest absolute Gasteiger partial charge is 0.496 e. The molecule has 0 saturated carbocycles. The number of nitrogens with zero attached hydrogens (tertiary/aromatic N) is 3. The molecule has 0 bridgehead atoms. The number of benzene rings is 1. The van der Waals surface area contributed by atoms with E-state index in [9.17, 15) is 4.79 Å². The van der Waals surface area contributed by atoms with Crippen LogP contribution in [0.4, 0.5) is 0 Å². The van der Waals surface area contributed by atoms with Gasteiger partial charge < -0.3 is 15.0 Å². The number of ether oxygens (including phenoxy) is 1. The highest BCUT2D eigenvalue weighted by molar-refractivity contribution is 5.43. The predicted octanol–water partition coefficient (Wildman–Crippen LogP) is 1.01.